The normalized spacial score (nSPS) is 25.8. The van der Waals surface area contributed by atoms with Gasteiger partial charge in [-0.25, -0.2) is 0 Å². The molecule has 0 N–H and O–H groups in total. The zero-order valence-corrected chi connectivity index (χ0v) is 16.5. The molecule has 26 heavy (non-hydrogen) atoms. The second kappa shape index (κ2) is 6.93. The topological polar surface area (TPSA) is 49.9 Å². The third-order valence-electron chi connectivity index (χ3n) is 5.96. The van der Waals surface area contributed by atoms with Gasteiger partial charge in [0.15, 0.2) is 5.60 Å². The van der Waals surface area contributed by atoms with Crippen molar-refractivity contribution in [3.8, 4) is 5.75 Å². The molecule has 3 rings (SSSR count). The second-order valence-electron chi connectivity index (χ2n) is 8.47. The third kappa shape index (κ3) is 3.71. The Labute approximate surface area is 156 Å². The Morgan fingerprint density at radius 3 is 2.46 bits per heavy atom. The van der Waals surface area contributed by atoms with Crippen molar-refractivity contribution in [3.05, 3.63) is 29.8 Å². The number of ether oxygens (including phenoxy) is 1. The molecular weight excluding hydrogens is 328 g/mol. The highest BCUT2D eigenvalue weighted by Crippen LogP contribution is 2.40. The molecule has 1 saturated heterocycles. The molecule has 1 aliphatic heterocycles. The maximum absolute atomic E-state index is 13.1. The predicted octanol–water partition coefficient (Wildman–Crippen LogP) is 2.87. The Hall–Kier alpha value is -2.04. The van der Waals surface area contributed by atoms with Gasteiger partial charge < -0.3 is 14.5 Å². The van der Waals surface area contributed by atoms with Crippen molar-refractivity contribution in [2.24, 2.45) is 11.8 Å². The van der Waals surface area contributed by atoms with Crippen LogP contribution < -0.4 is 4.74 Å². The lowest BCUT2D eigenvalue weighted by atomic mass is 9.88. The van der Waals surface area contributed by atoms with Crippen molar-refractivity contribution in [1.29, 1.82) is 0 Å². The number of amides is 2. The summed E-state index contributed by atoms with van der Waals surface area (Å²) in [6, 6.07) is 7.94. The zero-order valence-electron chi connectivity index (χ0n) is 16.5. The van der Waals surface area contributed by atoms with Gasteiger partial charge in [-0.15, -0.1) is 0 Å². The number of fused-ring (bicyclic) bond motifs is 1. The van der Waals surface area contributed by atoms with Crippen molar-refractivity contribution in [1.82, 2.24) is 9.80 Å². The van der Waals surface area contributed by atoms with E-state index in [2.05, 4.69) is 0 Å². The van der Waals surface area contributed by atoms with Crippen molar-refractivity contribution in [2.75, 3.05) is 20.6 Å². The SMILES string of the molecule is Cc1ccc(OC(C)(C)C(=O)N(C)[C@@H]2C[C@@H]3CC(=O)N(C)C[C@@H]3C2)cc1. The number of hydrogen-bond donors (Lipinski definition) is 0. The molecule has 3 atom stereocenters. The molecule has 5 heteroatoms. The van der Waals surface area contributed by atoms with E-state index in [0.29, 0.717) is 24.0 Å². The summed E-state index contributed by atoms with van der Waals surface area (Å²) in [6.07, 6.45) is 2.49. The van der Waals surface area contributed by atoms with Crippen LogP contribution in [-0.2, 0) is 9.59 Å². The smallest absolute Gasteiger partial charge is 0.266 e. The van der Waals surface area contributed by atoms with Gasteiger partial charge in [0.2, 0.25) is 5.91 Å². The van der Waals surface area contributed by atoms with Crippen molar-refractivity contribution < 1.29 is 14.3 Å². The Morgan fingerprint density at radius 1 is 1.19 bits per heavy atom. The Bertz CT molecular complexity index is 683. The van der Waals surface area contributed by atoms with Crippen molar-refractivity contribution >= 4 is 11.8 Å². The van der Waals surface area contributed by atoms with Crippen LogP contribution in [-0.4, -0.2) is 53.9 Å². The van der Waals surface area contributed by atoms with E-state index in [-0.39, 0.29) is 17.9 Å². The van der Waals surface area contributed by atoms with Gasteiger partial charge in [0.25, 0.3) is 5.91 Å². The number of likely N-dealkylation sites (tertiary alicyclic amines) is 1. The molecule has 1 saturated carbocycles. The standard InChI is InChI=1S/C21H30N2O3/c1-14-6-8-18(9-7-14)26-21(2,3)20(25)23(5)17-10-15-12-19(24)22(4)13-16(15)11-17/h6-9,15-17H,10-13H2,1-5H3/t15-,16+,17-/m1/s1. The highest BCUT2D eigenvalue weighted by molar-refractivity contribution is 5.85. The molecule has 0 aromatic heterocycles. The highest BCUT2D eigenvalue weighted by Gasteiger charge is 2.44. The van der Waals surface area contributed by atoms with Crippen LogP contribution in [0.4, 0.5) is 0 Å². The molecular formula is C21H30N2O3. The molecule has 1 aliphatic carbocycles. The number of carbonyl (C=O) groups excluding carboxylic acids is 2. The summed E-state index contributed by atoms with van der Waals surface area (Å²) in [5.74, 6) is 1.82. The summed E-state index contributed by atoms with van der Waals surface area (Å²) < 4.78 is 6.00. The Balaban J connectivity index is 1.65. The van der Waals surface area contributed by atoms with Crippen LogP contribution in [0.2, 0.25) is 0 Å². The minimum Gasteiger partial charge on any atom is -0.478 e. The predicted molar refractivity (Wildman–Crippen MR) is 101 cm³/mol. The zero-order chi connectivity index (χ0) is 19.1. The van der Waals surface area contributed by atoms with Gasteiger partial charge in [-0.05, 0) is 57.6 Å². The highest BCUT2D eigenvalue weighted by atomic mass is 16.5. The average Bonchev–Trinajstić information content (AvgIpc) is 2.98. The first kappa shape index (κ1) is 18.7. The minimum absolute atomic E-state index is 0.0126. The van der Waals surface area contributed by atoms with E-state index >= 15 is 0 Å². The van der Waals surface area contributed by atoms with Crippen molar-refractivity contribution in [2.45, 2.75) is 51.7 Å². The van der Waals surface area contributed by atoms with E-state index in [1.54, 1.807) is 0 Å². The summed E-state index contributed by atoms with van der Waals surface area (Å²) in [4.78, 5) is 28.7. The van der Waals surface area contributed by atoms with Gasteiger partial charge in [-0.1, -0.05) is 17.7 Å². The molecule has 5 nitrogen and oxygen atoms in total. The summed E-state index contributed by atoms with van der Waals surface area (Å²) >= 11 is 0. The first-order valence-corrected chi connectivity index (χ1v) is 9.44. The van der Waals surface area contributed by atoms with Crippen LogP contribution >= 0.6 is 0 Å². The molecule has 142 valence electrons. The fourth-order valence-electron chi connectivity index (χ4n) is 4.34. The van der Waals surface area contributed by atoms with Crippen LogP contribution in [0, 0.1) is 18.8 Å². The number of rotatable bonds is 4. The minimum atomic E-state index is -0.926. The lowest BCUT2D eigenvalue weighted by Crippen LogP contribution is -2.50. The third-order valence-corrected chi connectivity index (χ3v) is 5.96. The average molecular weight is 358 g/mol. The molecule has 2 aliphatic rings. The summed E-state index contributed by atoms with van der Waals surface area (Å²) in [7, 11) is 3.75. The van der Waals surface area contributed by atoms with Crippen LogP contribution in [0.5, 0.6) is 5.75 Å². The van der Waals surface area contributed by atoms with Gasteiger partial charge in [0, 0.05) is 33.1 Å². The largest absolute Gasteiger partial charge is 0.478 e. The Morgan fingerprint density at radius 2 is 1.81 bits per heavy atom. The van der Waals surface area contributed by atoms with Crippen LogP contribution in [0.15, 0.2) is 24.3 Å². The molecule has 0 unspecified atom stereocenters. The Kier molecular flexibility index (Phi) is 5.00. The van der Waals surface area contributed by atoms with Gasteiger partial charge in [-0.3, -0.25) is 9.59 Å². The van der Waals surface area contributed by atoms with Gasteiger partial charge >= 0.3 is 0 Å². The summed E-state index contributed by atoms with van der Waals surface area (Å²) in [6.45, 7) is 6.48. The first-order valence-electron chi connectivity index (χ1n) is 9.44. The molecule has 1 heterocycles. The van der Waals surface area contributed by atoms with Crippen LogP contribution in [0.3, 0.4) is 0 Å². The fourth-order valence-corrected chi connectivity index (χ4v) is 4.34. The van der Waals surface area contributed by atoms with E-state index in [4.69, 9.17) is 4.74 Å². The number of piperidine rings is 1. The van der Waals surface area contributed by atoms with E-state index in [0.717, 1.165) is 24.9 Å². The van der Waals surface area contributed by atoms with E-state index < -0.39 is 5.60 Å². The number of hydrogen-bond acceptors (Lipinski definition) is 3. The molecule has 2 amide bonds. The van der Waals surface area contributed by atoms with E-state index in [1.807, 2.05) is 68.9 Å². The van der Waals surface area contributed by atoms with Gasteiger partial charge in [0.1, 0.15) is 5.75 Å². The maximum atomic E-state index is 13.1. The summed E-state index contributed by atoms with van der Waals surface area (Å²) in [5, 5.41) is 0. The monoisotopic (exact) mass is 358 g/mol. The number of nitrogens with zero attached hydrogens (tertiary/aromatic N) is 2. The molecule has 0 bridgehead atoms. The maximum Gasteiger partial charge on any atom is 0.266 e. The number of benzene rings is 1. The van der Waals surface area contributed by atoms with Crippen molar-refractivity contribution in [3.63, 3.8) is 0 Å². The van der Waals surface area contributed by atoms with Gasteiger partial charge in [-0.2, -0.15) is 0 Å². The first-order chi connectivity index (χ1) is 12.2. The second-order valence-corrected chi connectivity index (χ2v) is 8.47. The van der Waals surface area contributed by atoms with Gasteiger partial charge in [0.05, 0.1) is 0 Å². The molecule has 2 fully saturated rings. The molecule has 0 radical (unpaired) electrons. The molecule has 1 aromatic carbocycles. The van der Waals surface area contributed by atoms with Crippen LogP contribution in [0.25, 0.3) is 0 Å². The fraction of sp³-hybridized carbons (Fsp3) is 0.619. The summed E-state index contributed by atoms with van der Waals surface area (Å²) in [5.41, 5.74) is 0.233. The van der Waals surface area contributed by atoms with E-state index in [1.165, 1.54) is 0 Å². The van der Waals surface area contributed by atoms with E-state index in [9.17, 15) is 9.59 Å². The molecule has 0 spiro atoms. The van der Waals surface area contributed by atoms with Crippen LogP contribution in [0.1, 0.15) is 38.7 Å². The quantitative estimate of drug-likeness (QED) is 0.832. The number of aryl methyl sites for hydroxylation is 1. The number of carbonyl (C=O) groups is 2. The molecule has 1 aromatic rings. The number of likely N-dealkylation sites (N-methyl/N-ethyl adjacent to an activating group) is 1. The lowest BCUT2D eigenvalue weighted by molar-refractivity contribution is -0.146. The lowest BCUT2D eigenvalue weighted by Gasteiger charge is -2.33.